The van der Waals surface area contributed by atoms with Crippen molar-refractivity contribution in [2.24, 2.45) is 0 Å². The zero-order valence-corrected chi connectivity index (χ0v) is 33.8. The zero-order valence-electron chi connectivity index (χ0n) is 33.8. The van der Waals surface area contributed by atoms with Gasteiger partial charge in [0, 0.05) is 74.3 Å². The number of nitrogens with one attached hydrogen (secondary N) is 5. The Labute approximate surface area is 348 Å². The van der Waals surface area contributed by atoms with Gasteiger partial charge in [0.1, 0.15) is 17.6 Å². The van der Waals surface area contributed by atoms with Crippen LogP contribution in [0, 0.1) is 6.92 Å². The predicted octanol–water partition coefficient (Wildman–Crippen LogP) is 6.20. The fourth-order valence-corrected chi connectivity index (χ4v) is 7.18. The molecular formula is C45H52N6O9. The molecule has 3 amide bonds. The minimum atomic E-state index is -0.927. The molecule has 60 heavy (non-hydrogen) atoms. The Morgan fingerprint density at radius 2 is 1.67 bits per heavy atom. The van der Waals surface area contributed by atoms with Crippen LogP contribution < -0.4 is 31.6 Å². The van der Waals surface area contributed by atoms with E-state index in [-0.39, 0.29) is 42.0 Å². The molecule has 1 fully saturated rings. The highest BCUT2D eigenvalue weighted by molar-refractivity contribution is 5.91. The number of carbonyl (C=O) groups is 3. The molecule has 15 heteroatoms. The number of phenols is 1. The highest BCUT2D eigenvalue weighted by Gasteiger charge is 2.23. The zero-order chi connectivity index (χ0) is 42.4. The highest BCUT2D eigenvalue weighted by Crippen LogP contribution is 2.31. The Bertz CT molecular complexity index is 2310. The lowest BCUT2D eigenvalue weighted by Crippen LogP contribution is -2.40. The summed E-state index contributed by atoms with van der Waals surface area (Å²) < 4.78 is 16.7. The van der Waals surface area contributed by atoms with Crippen LogP contribution in [0.5, 0.6) is 11.5 Å². The van der Waals surface area contributed by atoms with Crippen LogP contribution >= 0.6 is 0 Å². The number of fused-ring (bicyclic) bond motifs is 1. The number of aromatic hydroxyl groups is 1. The quantitative estimate of drug-likeness (QED) is 0.0527. The maximum Gasteiger partial charge on any atom is 0.411 e. The number of aryl methyl sites for hydroxylation is 1. The van der Waals surface area contributed by atoms with Gasteiger partial charge in [0.25, 0.3) is 0 Å². The number of rotatable bonds is 17. The number of amides is 3. The van der Waals surface area contributed by atoms with Crippen molar-refractivity contribution >= 4 is 40.4 Å². The third-order valence-corrected chi connectivity index (χ3v) is 10.4. The fraction of sp³-hybridized carbons (Fsp3) is 0.333. The summed E-state index contributed by atoms with van der Waals surface area (Å²) in [6.45, 7) is 4.87. The van der Waals surface area contributed by atoms with Crippen molar-refractivity contribution in [3.05, 3.63) is 118 Å². The maximum atomic E-state index is 12.7. The van der Waals surface area contributed by atoms with Crippen molar-refractivity contribution < 1.29 is 38.8 Å². The molecular weight excluding hydrogens is 769 g/mol. The molecule has 0 radical (unpaired) electrons. The van der Waals surface area contributed by atoms with Gasteiger partial charge in [-0.1, -0.05) is 54.6 Å². The van der Waals surface area contributed by atoms with Gasteiger partial charge in [0.05, 0.1) is 36.7 Å². The Balaban J connectivity index is 0.842. The third-order valence-electron chi connectivity index (χ3n) is 10.4. The van der Waals surface area contributed by atoms with Gasteiger partial charge in [-0.2, -0.15) is 0 Å². The van der Waals surface area contributed by atoms with E-state index in [0.29, 0.717) is 73.4 Å². The molecule has 1 aromatic heterocycles. The van der Waals surface area contributed by atoms with Crippen LogP contribution in [0.2, 0.25) is 0 Å². The lowest BCUT2D eigenvalue weighted by Gasteiger charge is -2.31. The van der Waals surface area contributed by atoms with Crippen molar-refractivity contribution in [1.29, 1.82) is 0 Å². The Kier molecular flexibility index (Phi) is 15.1. The number of benzene rings is 4. The summed E-state index contributed by atoms with van der Waals surface area (Å²) in [5, 5.41) is 33.3. The van der Waals surface area contributed by atoms with Crippen LogP contribution in [0.1, 0.15) is 48.5 Å². The molecule has 7 N–H and O–H groups in total. The number of ether oxygens (including phenoxy) is 3. The van der Waals surface area contributed by atoms with E-state index in [4.69, 9.17) is 14.2 Å². The SMILES string of the molecule is COc1cc(NC(=O)OCCCNC(=O)CCN2CCC(OC(=O)Nc3ccccc3-c3ccccc3)CC2)c(C)cc1CNC[C@H](O)c1ccc(O)c2[nH]c(=O)ccc12. The van der Waals surface area contributed by atoms with Gasteiger partial charge >= 0.3 is 12.2 Å². The van der Waals surface area contributed by atoms with E-state index >= 15 is 0 Å². The summed E-state index contributed by atoms with van der Waals surface area (Å²) in [5.74, 6) is 0.353. The van der Waals surface area contributed by atoms with Crippen molar-refractivity contribution in [3.8, 4) is 22.6 Å². The van der Waals surface area contributed by atoms with Gasteiger partial charge in [-0.15, -0.1) is 0 Å². The van der Waals surface area contributed by atoms with Crippen LogP contribution in [0.15, 0.2) is 95.8 Å². The number of piperidine rings is 1. The predicted molar refractivity (Wildman–Crippen MR) is 229 cm³/mol. The lowest BCUT2D eigenvalue weighted by molar-refractivity contribution is -0.121. The summed E-state index contributed by atoms with van der Waals surface area (Å²) in [7, 11) is 1.52. The van der Waals surface area contributed by atoms with Gasteiger partial charge in [-0.25, -0.2) is 9.59 Å². The van der Waals surface area contributed by atoms with Gasteiger partial charge in [0.2, 0.25) is 11.5 Å². The largest absolute Gasteiger partial charge is 0.506 e. The average Bonchev–Trinajstić information content (AvgIpc) is 3.25. The number of aliphatic hydroxyl groups excluding tert-OH is 1. The molecule has 6 rings (SSSR count). The van der Waals surface area contributed by atoms with Gasteiger partial charge in [0.15, 0.2) is 0 Å². The van der Waals surface area contributed by atoms with Crippen molar-refractivity contribution in [3.63, 3.8) is 0 Å². The number of anilines is 2. The molecule has 1 atom stereocenters. The first kappa shape index (κ1) is 43.2. The molecule has 0 aliphatic carbocycles. The van der Waals surface area contributed by atoms with Gasteiger partial charge in [-0.3, -0.25) is 20.2 Å². The Morgan fingerprint density at radius 1 is 0.917 bits per heavy atom. The van der Waals surface area contributed by atoms with Crippen LogP contribution in [-0.2, 0) is 20.8 Å². The number of hydrogen-bond acceptors (Lipinski definition) is 11. The van der Waals surface area contributed by atoms with Crippen LogP contribution in [-0.4, -0.2) is 90.7 Å². The number of aromatic nitrogens is 1. The van der Waals surface area contributed by atoms with Crippen molar-refractivity contribution in [1.82, 2.24) is 20.5 Å². The molecule has 5 aromatic rings. The van der Waals surface area contributed by atoms with E-state index in [1.54, 1.807) is 18.2 Å². The molecule has 1 aliphatic rings. The number of likely N-dealkylation sites (tertiary alicyclic amines) is 1. The van der Waals surface area contributed by atoms with Gasteiger partial charge in [-0.05, 0) is 67.1 Å². The number of aliphatic hydroxyl groups is 1. The number of nitrogens with zero attached hydrogens (tertiary/aromatic N) is 1. The van der Waals surface area contributed by atoms with Crippen molar-refractivity contribution in [2.45, 2.75) is 51.4 Å². The van der Waals surface area contributed by atoms with Gasteiger partial charge < -0.3 is 44.9 Å². The molecule has 4 aromatic carbocycles. The summed E-state index contributed by atoms with van der Waals surface area (Å²) >= 11 is 0. The molecule has 0 spiro atoms. The minimum absolute atomic E-state index is 0.0802. The van der Waals surface area contributed by atoms with Crippen LogP contribution in [0.3, 0.4) is 0 Å². The monoisotopic (exact) mass is 820 g/mol. The normalized spacial score (nSPS) is 13.7. The molecule has 1 aliphatic heterocycles. The Hall–Kier alpha value is -6.42. The molecule has 0 unspecified atom stereocenters. The first-order valence-corrected chi connectivity index (χ1v) is 20.0. The number of aromatic amines is 1. The third kappa shape index (κ3) is 11.8. The topological polar surface area (TPSA) is 204 Å². The summed E-state index contributed by atoms with van der Waals surface area (Å²) in [6.07, 6.45) is -0.111. The van der Waals surface area contributed by atoms with Crippen LogP contribution in [0.4, 0.5) is 21.0 Å². The smallest absolute Gasteiger partial charge is 0.411 e. The molecule has 0 bridgehead atoms. The van der Waals surface area contributed by atoms with Crippen LogP contribution in [0.25, 0.3) is 22.0 Å². The molecule has 2 heterocycles. The Morgan fingerprint density at radius 3 is 2.45 bits per heavy atom. The summed E-state index contributed by atoms with van der Waals surface area (Å²) in [6, 6.07) is 27.0. The van der Waals surface area contributed by atoms with E-state index in [1.165, 1.54) is 19.2 Å². The molecule has 1 saturated heterocycles. The molecule has 316 valence electrons. The number of H-pyrrole nitrogens is 1. The number of phenolic OH excluding ortho intramolecular Hbond substituents is 1. The minimum Gasteiger partial charge on any atom is -0.506 e. The summed E-state index contributed by atoms with van der Waals surface area (Å²) in [4.78, 5) is 54.4. The van der Waals surface area contributed by atoms with E-state index in [1.807, 2.05) is 67.6 Å². The maximum absolute atomic E-state index is 12.7. The lowest BCUT2D eigenvalue weighted by atomic mass is 10.0. The first-order chi connectivity index (χ1) is 29.1. The molecule has 15 nitrogen and oxygen atoms in total. The second kappa shape index (κ2) is 21.0. The number of para-hydroxylation sites is 1. The number of carbonyl (C=O) groups excluding carboxylic acids is 3. The average molecular weight is 821 g/mol. The van der Waals surface area contributed by atoms with E-state index < -0.39 is 18.3 Å². The standard InChI is InChI=1S/C45H52N6O9/c1-29-25-31(27-46-28-39(53)34-13-15-38(52)43-35(34)14-16-42(55)50-43)40(58-2)26-37(29)49-44(56)59-24-8-20-47-41(54)19-23-51-21-17-32(18-22-51)60-45(57)48-36-12-7-6-11-33(36)30-9-4-3-5-10-30/h3-7,9-16,25-26,32,39,46,52-53H,8,17-24,27-28H2,1-2H3,(H,47,54)(H,48,57)(H,49,56)(H,50,55)/t39-/m0/s1. The molecule has 0 saturated carbocycles. The van der Waals surface area contributed by atoms with E-state index in [2.05, 4.69) is 31.2 Å². The first-order valence-electron chi connectivity index (χ1n) is 20.0. The van der Waals surface area contributed by atoms with E-state index in [0.717, 1.165) is 35.3 Å². The fourth-order valence-electron chi connectivity index (χ4n) is 7.18. The van der Waals surface area contributed by atoms with E-state index in [9.17, 15) is 29.4 Å². The highest BCUT2D eigenvalue weighted by atomic mass is 16.6. The van der Waals surface area contributed by atoms with Crippen molar-refractivity contribution in [2.75, 3.05) is 57.1 Å². The number of hydrogen-bond donors (Lipinski definition) is 7. The number of methoxy groups -OCH3 is 1. The summed E-state index contributed by atoms with van der Waals surface area (Å²) in [5.41, 5.74) is 5.17. The number of pyridine rings is 1. The second-order valence-electron chi connectivity index (χ2n) is 14.6. The second-order valence-corrected chi connectivity index (χ2v) is 14.6.